The predicted octanol–water partition coefficient (Wildman–Crippen LogP) is 4.73. The number of thiophene rings is 2. The van der Waals surface area contributed by atoms with Crippen molar-refractivity contribution in [2.45, 2.75) is 66.7 Å². The molecule has 2 N–H and O–H groups in total. The van der Waals surface area contributed by atoms with Crippen molar-refractivity contribution in [3.63, 3.8) is 0 Å². The molecule has 1 aliphatic heterocycles. The molecule has 3 aromatic rings. The zero-order valence-corrected chi connectivity index (χ0v) is 29.1. The first kappa shape index (κ1) is 35.3. The summed E-state index contributed by atoms with van der Waals surface area (Å²) in [5.41, 5.74) is 0.340. The van der Waals surface area contributed by atoms with Gasteiger partial charge < -0.3 is 19.5 Å². The van der Waals surface area contributed by atoms with Crippen LogP contribution in [-0.4, -0.2) is 88.7 Å². The second kappa shape index (κ2) is 15.4. The minimum absolute atomic E-state index is 0.0711. The fourth-order valence-corrected chi connectivity index (χ4v) is 9.41. The number of hydrogen-bond acceptors (Lipinski definition) is 10. The highest BCUT2D eigenvalue weighted by Crippen LogP contribution is 2.30. The number of anilines is 1. The van der Waals surface area contributed by atoms with Gasteiger partial charge in [0.25, 0.3) is 26.0 Å². The number of amides is 1. The standard InChI is InChI=1S/C30H41N3O8S4/c1-21-18-33(22(2)20-34)30(35)25-17-24(31-44(36,37)28-10-7-15-42-28)12-13-26(25)41-23(3)9-5-6-14-40-27(21)19-32(4)45(38,39)29-11-8-16-43-29/h7-8,10-13,15-17,21-23,27,31,34H,5-6,9,14,18-20H2,1-4H3/t21-,22-,23-,27+/m1/s1. The van der Waals surface area contributed by atoms with E-state index in [2.05, 4.69) is 4.72 Å². The summed E-state index contributed by atoms with van der Waals surface area (Å²) in [6.45, 7) is 5.79. The van der Waals surface area contributed by atoms with Crippen LogP contribution >= 0.6 is 22.7 Å². The van der Waals surface area contributed by atoms with Gasteiger partial charge in [-0.25, -0.2) is 16.8 Å². The Bertz CT molecular complexity index is 1610. The molecule has 0 fully saturated rings. The molecule has 3 heterocycles. The lowest BCUT2D eigenvalue weighted by Crippen LogP contribution is -2.48. The van der Waals surface area contributed by atoms with Crippen LogP contribution in [0.3, 0.4) is 0 Å². The maximum atomic E-state index is 14.3. The topological polar surface area (TPSA) is 143 Å². The van der Waals surface area contributed by atoms with Gasteiger partial charge >= 0.3 is 0 Å². The molecule has 0 radical (unpaired) electrons. The van der Waals surface area contributed by atoms with E-state index in [1.54, 1.807) is 48.0 Å². The van der Waals surface area contributed by atoms with Crippen LogP contribution in [0.25, 0.3) is 0 Å². The average Bonchev–Trinajstić information content (AvgIpc) is 3.74. The Labute approximate surface area is 273 Å². The third-order valence-electron chi connectivity index (χ3n) is 7.66. The highest BCUT2D eigenvalue weighted by atomic mass is 32.3. The Balaban J connectivity index is 1.67. The number of rotatable bonds is 9. The van der Waals surface area contributed by atoms with Crippen LogP contribution in [-0.2, 0) is 24.8 Å². The van der Waals surface area contributed by atoms with Crippen LogP contribution in [0.2, 0.25) is 0 Å². The van der Waals surface area contributed by atoms with Crippen molar-refractivity contribution >= 4 is 54.3 Å². The van der Waals surface area contributed by atoms with Gasteiger partial charge in [-0.2, -0.15) is 4.31 Å². The van der Waals surface area contributed by atoms with Crippen LogP contribution in [0, 0.1) is 5.92 Å². The van der Waals surface area contributed by atoms with E-state index in [0.29, 0.717) is 18.8 Å². The first-order valence-electron chi connectivity index (χ1n) is 14.7. The highest BCUT2D eigenvalue weighted by molar-refractivity contribution is 7.94. The minimum atomic E-state index is -3.87. The molecule has 11 nitrogen and oxygen atoms in total. The fraction of sp³-hybridized carbons (Fsp3) is 0.500. The van der Waals surface area contributed by atoms with Crippen molar-refractivity contribution in [2.24, 2.45) is 5.92 Å². The number of fused-ring (bicyclic) bond motifs is 1. The summed E-state index contributed by atoms with van der Waals surface area (Å²) in [5, 5.41) is 13.5. The Hall–Kier alpha value is -2.53. The summed E-state index contributed by atoms with van der Waals surface area (Å²) < 4.78 is 69.0. The third-order valence-corrected chi connectivity index (χ3v) is 13.6. The first-order valence-corrected chi connectivity index (χ1v) is 19.4. The monoisotopic (exact) mass is 699 g/mol. The van der Waals surface area contributed by atoms with E-state index in [1.807, 2.05) is 13.8 Å². The van der Waals surface area contributed by atoms with Crippen LogP contribution in [0.1, 0.15) is 50.4 Å². The maximum Gasteiger partial charge on any atom is 0.271 e. The number of hydrogen-bond donors (Lipinski definition) is 2. The first-order chi connectivity index (χ1) is 21.3. The smallest absolute Gasteiger partial charge is 0.271 e. The molecule has 4 atom stereocenters. The molecular formula is C30H41N3O8S4. The molecule has 1 amide bonds. The van der Waals surface area contributed by atoms with Crippen molar-refractivity contribution < 1.29 is 36.2 Å². The molecule has 0 saturated carbocycles. The van der Waals surface area contributed by atoms with Gasteiger partial charge in [0, 0.05) is 38.3 Å². The van der Waals surface area contributed by atoms with Gasteiger partial charge in [-0.3, -0.25) is 9.52 Å². The predicted molar refractivity (Wildman–Crippen MR) is 176 cm³/mol. The second-order valence-electron chi connectivity index (χ2n) is 11.3. The number of nitrogens with one attached hydrogen (secondary N) is 1. The fourth-order valence-electron chi connectivity index (χ4n) is 4.99. The molecule has 0 aliphatic carbocycles. The van der Waals surface area contributed by atoms with Gasteiger partial charge in [0.15, 0.2) is 0 Å². The minimum Gasteiger partial charge on any atom is -0.490 e. The summed E-state index contributed by atoms with van der Waals surface area (Å²) in [4.78, 5) is 15.8. The average molecular weight is 700 g/mol. The maximum absolute atomic E-state index is 14.3. The molecule has 248 valence electrons. The normalized spacial score (nSPS) is 21.5. The lowest BCUT2D eigenvalue weighted by molar-refractivity contribution is -0.00832. The molecule has 0 bridgehead atoms. The molecule has 0 unspecified atom stereocenters. The van der Waals surface area contributed by atoms with Crippen molar-refractivity contribution in [2.75, 3.05) is 38.1 Å². The van der Waals surface area contributed by atoms with Crippen LogP contribution in [0.15, 0.2) is 61.6 Å². The molecule has 4 rings (SSSR count). The van der Waals surface area contributed by atoms with Crippen molar-refractivity contribution in [1.82, 2.24) is 9.21 Å². The van der Waals surface area contributed by atoms with E-state index in [4.69, 9.17) is 9.47 Å². The van der Waals surface area contributed by atoms with E-state index in [0.717, 1.165) is 35.5 Å². The number of benzene rings is 1. The number of carbonyl (C=O) groups is 1. The van der Waals surface area contributed by atoms with Gasteiger partial charge in [0.05, 0.1) is 30.4 Å². The summed E-state index contributed by atoms with van der Waals surface area (Å²) >= 11 is 2.22. The number of nitrogens with zero attached hydrogens (tertiary/aromatic N) is 2. The number of likely N-dealkylation sites (N-methyl/N-ethyl adjacent to an activating group) is 1. The van der Waals surface area contributed by atoms with Gasteiger partial charge in [-0.1, -0.05) is 19.1 Å². The summed E-state index contributed by atoms with van der Waals surface area (Å²) in [6.07, 6.45) is 1.37. The quantitative estimate of drug-likeness (QED) is 0.327. The molecule has 1 aliphatic rings. The van der Waals surface area contributed by atoms with Gasteiger partial charge in [-0.15, -0.1) is 22.7 Å². The van der Waals surface area contributed by atoms with Gasteiger partial charge in [0.2, 0.25) is 0 Å². The summed E-state index contributed by atoms with van der Waals surface area (Å²) in [7, 11) is -6.08. The van der Waals surface area contributed by atoms with Crippen LogP contribution in [0.4, 0.5) is 5.69 Å². The Morgan fingerprint density at radius 2 is 1.76 bits per heavy atom. The van der Waals surface area contributed by atoms with Crippen molar-refractivity contribution in [1.29, 1.82) is 0 Å². The lowest BCUT2D eigenvalue weighted by Gasteiger charge is -2.35. The van der Waals surface area contributed by atoms with E-state index in [9.17, 15) is 26.7 Å². The van der Waals surface area contributed by atoms with E-state index < -0.39 is 38.1 Å². The molecule has 45 heavy (non-hydrogen) atoms. The third kappa shape index (κ3) is 8.84. The van der Waals surface area contributed by atoms with E-state index >= 15 is 0 Å². The number of aliphatic hydroxyl groups excluding tert-OH is 1. The molecule has 2 aromatic heterocycles. The number of sulfonamides is 2. The molecular weight excluding hydrogens is 659 g/mol. The van der Waals surface area contributed by atoms with Gasteiger partial charge in [-0.05, 0) is 74.2 Å². The Kier molecular flexibility index (Phi) is 12.1. The highest BCUT2D eigenvalue weighted by Gasteiger charge is 2.33. The van der Waals surface area contributed by atoms with Crippen molar-refractivity contribution in [3.8, 4) is 5.75 Å². The number of ether oxygens (including phenoxy) is 2. The second-order valence-corrected chi connectivity index (χ2v) is 17.3. The zero-order valence-electron chi connectivity index (χ0n) is 25.8. The number of carbonyl (C=O) groups excluding carboxylic acids is 1. The van der Waals surface area contributed by atoms with E-state index in [1.165, 1.54) is 28.4 Å². The zero-order chi connectivity index (χ0) is 32.8. The van der Waals surface area contributed by atoms with Crippen molar-refractivity contribution in [3.05, 3.63) is 58.8 Å². The lowest BCUT2D eigenvalue weighted by atomic mass is 10.0. The molecule has 0 saturated heterocycles. The summed E-state index contributed by atoms with van der Waals surface area (Å²) in [5.74, 6) is -0.491. The number of aliphatic hydroxyl groups is 1. The SMILES string of the molecule is C[C@@H]1CCCCO[C@@H](CN(C)S(=O)(=O)c2cccs2)[C@H](C)CN([C@H](C)CO)C(=O)c2cc(NS(=O)(=O)c3cccs3)ccc2O1. The Morgan fingerprint density at radius 1 is 1.07 bits per heavy atom. The Morgan fingerprint density at radius 3 is 2.40 bits per heavy atom. The summed E-state index contributed by atoms with van der Waals surface area (Å²) in [6, 6.07) is 10.4. The van der Waals surface area contributed by atoms with Crippen LogP contribution < -0.4 is 9.46 Å². The van der Waals surface area contributed by atoms with Crippen LogP contribution in [0.5, 0.6) is 5.75 Å². The molecule has 0 spiro atoms. The largest absolute Gasteiger partial charge is 0.490 e. The molecule has 1 aromatic carbocycles. The molecule has 15 heteroatoms. The van der Waals surface area contributed by atoms with E-state index in [-0.39, 0.29) is 51.4 Å². The van der Waals surface area contributed by atoms with Gasteiger partial charge in [0.1, 0.15) is 14.2 Å².